The topological polar surface area (TPSA) is 23.6 Å². The van der Waals surface area contributed by atoms with Crippen molar-refractivity contribution in [3.63, 3.8) is 0 Å². The normalized spacial score (nSPS) is 21.8. The quantitative estimate of drug-likeness (QED) is 0.704. The summed E-state index contributed by atoms with van der Waals surface area (Å²) in [6.45, 7) is 2.64. The van der Waals surface area contributed by atoms with Gasteiger partial charge in [0.2, 0.25) is 0 Å². The number of rotatable bonds is 2. The highest BCUT2D eigenvalue weighted by atomic mass is 32.2. The molecule has 2 aliphatic rings. The Morgan fingerprint density at radius 2 is 1.88 bits per heavy atom. The molecule has 2 aliphatic heterocycles. The molecule has 0 saturated carbocycles. The van der Waals surface area contributed by atoms with Crippen LogP contribution in [0.5, 0.6) is 0 Å². The summed E-state index contributed by atoms with van der Waals surface area (Å²) < 4.78 is 51.5. The van der Waals surface area contributed by atoms with Crippen LogP contribution in [0.2, 0.25) is 0 Å². The molecule has 1 aromatic rings. The van der Waals surface area contributed by atoms with E-state index in [1.807, 2.05) is 16.7 Å². The predicted octanol–water partition coefficient (Wildman–Crippen LogP) is 4.28. The molecule has 0 spiro atoms. The van der Waals surface area contributed by atoms with Crippen LogP contribution < -0.4 is 0 Å². The van der Waals surface area contributed by atoms with Crippen molar-refractivity contribution in [3.8, 4) is 0 Å². The number of amides is 2. The average molecular weight is 390 g/mol. The zero-order chi connectivity index (χ0) is 18.7. The van der Waals surface area contributed by atoms with Crippen LogP contribution in [0.4, 0.5) is 22.4 Å². The first-order chi connectivity index (χ1) is 12.3. The van der Waals surface area contributed by atoms with Crippen molar-refractivity contribution < 1.29 is 22.4 Å². The molecule has 0 radical (unpaired) electrons. The number of hydrogen-bond donors (Lipinski definition) is 0. The van der Waals surface area contributed by atoms with Crippen molar-refractivity contribution in [1.29, 1.82) is 0 Å². The summed E-state index contributed by atoms with van der Waals surface area (Å²) in [5.41, 5.74) is 0.330. The maximum Gasteiger partial charge on any atom is 0.393 e. The van der Waals surface area contributed by atoms with Gasteiger partial charge in [-0.05, 0) is 30.0 Å². The van der Waals surface area contributed by atoms with E-state index in [0.717, 1.165) is 37.4 Å². The van der Waals surface area contributed by atoms with Crippen LogP contribution in [0.25, 0.3) is 0 Å². The minimum Gasteiger partial charge on any atom is -0.324 e. The molecular formula is C18H22F4N2OS. The Hall–Kier alpha value is -1.44. The van der Waals surface area contributed by atoms with Crippen LogP contribution in [0.15, 0.2) is 18.2 Å². The van der Waals surface area contributed by atoms with Crippen LogP contribution in [0.3, 0.4) is 0 Å². The van der Waals surface area contributed by atoms with E-state index in [-0.39, 0.29) is 17.5 Å². The molecule has 2 fully saturated rings. The van der Waals surface area contributed by atoms with Crippen LogP contribution in [0, 0.1) is 5.82 Å². The summed E-state index contributed by atoms with van der Waals surface area (Å²) >= 11 is 1.83. The number of thioether (sulfide) groups is 1. The van der Waals surface area contributed by atoms with Gasteiger partial charge < -0.3 is 9.80 Å². The van der Waals surface area contributed by atoms with Gasteiger partial charge in [-0.25, -0.2) is 9.18 Å². The number of likely N-dealkylation sites (tertiary alicyclic amines) is 1. The predicted molar refractivity (Wildman–Crippen MR) is 94.0 cm³/mol. The first-order valence-electron chi connectivity index (χ1n) is 8.80. The summed E-state index contributed by atoms with van der Waals surface area (Å²) in [6.07, 6.45) is -4.08. The molecular weight excluding hydrogens is 368 g/mol. The van der Waals surface area contributed by atoms with Crippen molar-refractivity contribution in [2.24, 2.45) is 0 Å². The first-order valence-corrected chi connectivity index (χ1v) is 9.95. The lowest BCUT2D eigenvalue weighted by Gasteiger charge is -2.37. The van der Waals surface area contributed by atoms with Gasteiger partial charge in [-0.1, -0.05) is 12.1 Å². The van der Waals surface area contributed by atoms with Crippen LogP contribution >= 0.6 is 11.8 Å². The molecule has 1 aromatic carbocycles. The standard InChI is InChI=1S/C18H22F4N2OS/c19-16-10-13(3-4-14(16)11-18(20,21)22)15-2-1-5-24(12-15)17(25)23-6-8-26-9-7-23/h3-4,10,15H,1-2,5-9,11-12H2. The lowest BCUT2D eigenvalue weighted by Crippen LogP contribution is -2.49. The highest BCUT2D eigenvalue weighted by molar-refractivity contribution is 7.99. The lowest BCUT2D eigenvalue weighted by atomic mass is 9.89. The Labute approximate surface area is 154 Å². The summed E-state index contributed by atoms with van der Waals surface area (Å²) in [5.74, 6) is 1.02. The van der Waals surface area contributed by atoms with E-state index in [1.165, 1.54) is 12.1 Å². The number of benzene rings is 1. The van der Waals surface area contributed by atoms with E-state index in [9.17, 15) is 22.4 Å². The zero-order valence-corrected chi connectivity index (χ0v) is 15.2. The molecule has 1 unspecified atom stereocenters. The molecule has 0 aromatic heterocycles. The minimum absolute atomic E-state index is 0.0177. The molecule has 3 nitrogen and oxygen atoms in total. The smallest absolute Gasteiger partial charge is 0.324 e. The van der Waals surface area contributed by atoms with Crippen LogP contribution in [-0.2, 0) is 6.42 Å². The lowest BCUT2D eigenvalue weighted by molar-refractivity contribution is -0.127. The zero-order valence-electron chi connectivity index (χ0n) is 14.4. The third-order valence-electron chi connectivity index (χ3n) is 4.91. The minimum atomic E-state index is -4.43. The number of hydrogen-bond acceptors (Lipinski definition) is 2. The first kappa shape index (κ1) is 19.3. The van der Waals surface area contributed by atoms with E-state index < -0.39 is 18.4 Å². The van der Waals surface area contributed by atoms with Crippen molar-refractivity contribution in [2.75, 3.05) is 37.7 Å². The molecule has 8 heteroatoms. The molecule has 3 rings (SSSR count). The largest absolute Gasteiger partial charge is 0.393 e. The number of urea groups is 1. The molecule has 144 valence electrons. The van der Waals surface area contributed by atoms with E-state index >= 15 is 0 Å². The maximum atomic E-state index is 14.1. The fourth-order valence-electron chi connectivity index (χ4n) is 3.55. The number of alkyl halides is 3. The fraction of sp³-hybridized carbons (Fsp3) is 0.611. The Balaban J connectivity index is 1.67. The Bertz CT molecular complexity index is 647. The third-order valence-corrected chi connectivity index (χ3v) is 5.86. The third kappa shape index (κ3) is 4.84. The van der Waals surface area contributed by atoms with E-state index in [0.29, 0.717) is 18.7 Å². The van der Waals surface area contributed by atoms with Gasteiger partial charge in [0.25, 0.3) is 0 Å². The van der Waals surface area contributed by atoms with E-state index in [2.05, 4.69) is 0 Å². The molecule has 0 bridgehead atoms. The SMILES string of the molecule is O=C(N1CCSCC1)N1CCCC(c2ccc(CC(F)(F)F)c(F)c2)C1. The summed E-state index contributed by atoms with van der Waals surface area (Å²) in [6, 6.07) is 4.02. The Kier molecular flexibility index (Phi) is 5.99. The van der Waals surface area contributed by atoms with Gasteiger partial charge in [0.1, 0.15) is 5.82 Å². The monoisotopic (exact) mass is 390 g/mol. The number of piperidine rings is 1. The molecule has 0 aliphatic carbocycles. The Morgan fingerprint density at radius 3 is 2.54 bits per heavy atom. The maximum absolute atomic E-state index is 14.1. The summed E-state index contributed by atoms with van der Waals surface area (Å²) in [7, 11) is 0. The number of nitrogens with zero attached hydrogens (tertiary/aromatic N) is 2. The second kappa shape index (κ2) is 8.06. The van der Waals surface area contributed by atoms with Gasteiger partial charge in [-0.2, -0.15) is 24.9 Å². The molecule has 2 heterocycles. The van der Waals surface area contributed by atoms with Crippen molar-refractivity contribution in [2.45, 2.75) is 31.4 Å². The summed E-state index contributed by atoms with van der Waals surface area (Å²) in [4.78, 5) is 16.3. The number of carbonyl (C=O) groups is 1. The number of halogens is 4. The van der Waals surface area contributed by atoms with Crippen molar-refractivity contribution in [1.82, 2.24) is 9.80 Å². The highest BCUT2D eigenvalue weighted by Crippen LogP contribution is 2.30. The van der Waals surface area contributed by atoms with Gasteiger partial charge in [0, 0.05) is 43.6 Å². The van der Waals surface area contributed by atoms with Gasteiger partial charge >= 0.3 is 12.2 Å². The second-order valence-corrected chi connectivity index (χ2v) is 8.03. The molecule has 2 saturated heterocycles. The average Bonchev–Trinajstić information content (AvgIpc) is 2.62. The molecule has 26 heavy (non-hydrogen) atoms. The van der Waals surface area contributed by atoms with Gasteiger partial charge in [-0.3, -0.25) is 0 Å². The number of carbonyl (C=O) groups excluding carboxylic acids is 1. The molecule has 0 N–H and O–H groups in total. The fourth-order valence-corrected chi connectivity index (χ4v) is 4.46. The van der Waals surface area contributed by atoms with Crippen molar-refractivity contribution in [3.05, 3.63) is 35.1 Å². The van der Waals surface area contributed by atoms with Gasteiger partial charge in [-0.15, -0.1) is 0 Å². The molecule has 1 atom stereocenters. The van der Waals surface area contributed by atoms with E-state index in [4.69, 9.17) is 0 Å². The van der Waals surface area contributed by atoms with Crippen LogP contribution in [-0.4, -0.2) is 59.7 Å². The van der Waals surface area contributed by atoms with Crippen LogP contribution in [0.1, 0.15) is 29.9 Å². The van der Waals surface area contributed by atoms with Crippen molar-refractivity contribution >= 4 is 17.8 Å². The molecule has 2 amide bonds. The van der Waals surface area contributed by atoms with Gasteiger partial charge in [0.15, 0.2) is 0 Å². The highest BCUT2D eigenvalue weighted by Gasteiger charge is 2.31. The van der Waals surface area contributed by atoms with E-state index in [1.54, 1.807) is 11.0 Å². The second-order valence-electron chi connectivity index (χ2n) is 6.81. The Morgan fingerprint density at radius 1 is 1.15 bits per heavy atom. The van der Waals surface area contributed by atoms with Gasteiger partial charge in [0.05, 0.1) is 6.42 Å². The summed E-state index contributed by atoms with van der Waals surface area (Å²) in [5, 5.41) is 0.